The zero-order valence-corrected chi connectivity index (χ0v) is 12.4. The second-order valence-electron chi connectivity index (χ2n) is 5.27. The van der Waals surface area contributed by atoms with E-state index in [1.807, 2.05) is 42.9 Å². The lowest BCUT2D eigenvalue weighted by molar-refractivity contribution is 0.0697. The number of hydrogen-bond acceptors (Lipinski definition) is 2. The molecule has 3 aromatic rings. The van der Waals surface area contributed by atoms with Gasteiger partial charge in [-0.2, -0.15) is 0 Å². The van der Waals surface area contributed by atoms with E-state index < -0.39 is 5.97 Å². The predicted molar refractivity (Wildman–Crippen MR) is 85.8 cm³/mol. The SMILES string of the molecule is Cc1cc(-c2nccn2C)ccc1-c1ccc(C(=O)O)cc1. The Kier molecular flexibility index (Phi) is 3.51. The third-order valence-corrected chi connectivity index (χ3v) is 3.75. The molecule has 1 heterocycles. The van der Waals surface area contributed by atoms with Crippen LogP contribution in [0.1, 0.15) is 15.9 Å². The highest BCUT2D eigenvalue weighted by atomic mass is 16.4. The standard InChI is InChI=1S/C18H16N2O2/c1-12-11-15(17-19-9-10-20(17)2)7-8-16(12)13-3-5-14(6-4-13)18(21)22/h3-11H,1-2H3,(H,21,22). The summed E-state index contributed by atoms with van der Waals surface area (Å²) in [5.74, 6) is 0.0178. The van der Waals surface area contributed by atoms with Crippen LogP contribution in [0, 0.1) is 6.92 Å². The van der Waals surface area contributed by atoms with Crippen molar-refractivity contribution in [1.29, 1.82) is 0 Å². The Morgan fingerprint density at radius 1 is 1.09 bits per heavy atom. The van der Waals surface area contributed by atoms with Gasteiger partial charge in [0.05, 0.1) is 5.56 Å². The topological polar surface area (TPSA) is 55.1 Å². The van der Waals surface area contributed by atoms with Crippen molar-refractivity contribution in [2.45, 2.75) is 6.92 Å². The Balaban J connectivity index is 1.99. The van der Waals surface area contributed by atoms with Crippen LogP contribution in [0.3, 0.4) is 0 Å². The van der Waals surface area contributed by atoms with Gasteiger partial charge in [-0.3, -0.25) is 0 Å². The summed E-state index contributed by atoms with van der Waals surface area (Å²) in [6, 6.07) is 13.1. The van der Waals surface area contributed by atoms with Crippen LogP contribution < -0.4 is 0 Å². The number of aromatic carboxylic acids is 1. The van der Waals surface area contributed by atoms with Crippen molar-refractivity contribution in [3.05, 3.63) is 66.0 Å². The van der Waals surface area contributed by atoms with E-state index in [1.54, 1.807) is 18.3 Å². The quantitative estimate of drug-likeness (QED) is 0.799. The molecule has 22 heavy (non-hydrogen) atoms. The molecule has 0 fully saturated rings. The molecule has 110 valence electrons. The molecule has 1 aromatic heterocycles. The van der Waals surface area contributed by atoms with Gasteiger partial charge in [-0.05, 0) is 41.8 Å². The Morgan fingerprint density at radius 3 is 2.32 bits per heavy atom. The fourth-order valence-electron chi connectivity index (χ4n) is 2.56. The number of imidazole rings is 1. The highest BCUT2D eigenvalue weighted by Gasteiger charge is 2.08. The molecular formula is C18H16N2O2. The summed E-state index contributed by atoms with van der Waals surface area (Å²) < 4.78 is 1.98. The minimum absolute atomic E-state index is 0.297. The summed E-state index contributed by atoms with van der Waals surface area (Å²) in [5.41, 5.74) is 4.59. The van der Waals surface area contributed by atoms with Gasteiger partial charge in [-0.15, -0.1) is 0 Å². The molecule has 0 bridgehead atoms. The average molecular weight is 292 g/mol. The molecule has 0 aliphatic heterocycles. The molecule has 0 aliphatic carbocycles. The maximum Gasteiger partial charge on any atom is 0.335 e. The van der Waals surface area contributed by atoms with E-state index >= 15 is 0 Å². The van der Waals surface area contributed by atoms with Crippen molar-refractivity contribution in [3.63, 3.8) is 0 Å². The van der Waals surface area contributed by atoms with Gasteiger partial charge in [0.1, 0.15) is 5.82 Å². The van der Waals surface area contributed by atoms with Gasteiger partial charge in [-0.1, -0.05) is 24.3 Å². The lowest BCUT2D eigenvalue weighted by atomic mass is 9.97. The third kappa shape index (κ3) is 2.51. The van der Waals surface area contributed by atoms with E-state index in [0.29, 0.717) is 5.56 Å². The number of rotatable bonds is 3. The fourth-order valence-corrected chi connectivity index (χ4v) is 2.56. The monoisotopic (exact) mass is 292 g/mol. The zero-order chi connectivity index (χ0) is 15.7. The first-order valence-electron chi connectivity index (χ1n) is 6.98. The molecule has 4 heteroatoms. The molecule has 3 rings (SSSR count). The second-order valence-corrected chi connectivity index (χ2v) is 5.27. The van der Waals surface area contributed by atoms with E-state index in [-0.39, 0.29) is 0 Å². The summed E-state index contributed by atoms with van der Waals surface area (Å²) in [5, 5.41) is 8.96. The first kappa shape index (κ1) is 14.1. The number of hydrogen-bond donors (Lipinski definition) is 1. The van der Waals surface area contributed by atoms with Crippen LogP contribution in [0.15, 0.2) is 54.9 Å². The molecule has 0 spiro atoms. The van der Waals surface area contributed by atoms with Gasteiger partial charge >= 0.3 is 5.97 Å². The van der Waals surface area contributed by atoms with Crippen LogP contribution in [0.5, 0.6) is 0 Å². The highest BCUT2D eigenvalue weighted by Crippen LogP contribution is 2.28. The number of carboxylic acid groups (broad SMARTS) is 1. The summed E-state index contributed by atoms with van der Waals surface area (Å²) >= 11 is 0. The van der Waals surface area contributed by atoms with E-state index in [0.717, 1.165) is 28.1 Å². The van der Waals surface area contributed by atoms with Gasteiger partial charge in [0.25, 0.3) is 0 Å². The molecule has 0 atom stereocenters. The van der Waals surface area contributed by atoms with E-state index in [2.05, 4.69) is 17.1 Å². The third-order valence-electron chi connectivity index (χ3n) is 3.75. The number of aryl methyl sites for hydroxylation is 2. The van der Waals surface area contributed by atoms with Gasteiger partial charge in [0, 0.05) is 25.0 Å². The van der Waals surface area contributed by atoms with Crippen molar-refractivity contribution in [3.8, 4) is 22.5 Å². The molecule has 0 aliphatic rings. The summed E-state index contributed by atoms with van der Waals surface area (Å²) in [7, 11) is 1.97. The average Bonchev–Trinajstić information content (AvgIpc) is 2.93. The van der Waals surface area contributed by atoms with Gasteiger partial charge in [-0.25, -0.2) is 9.78 Å². The smallest absolute Gasteiger partial charge is 0.335 e. The summed E-state index contributed by atoms with van der Waals surface area (Å²) in [6.07, 6.45) is 3.70. The molecule has 1 N–H and O–H groups in total. The minimum Gasteiger partial charge on any atom is -0.478 e. The predicted octanol–water partition coefficient (Wildman–Crippen LogP) is 3.76. The van der Waals surface area contributed by atoms with E-state index in [1.165, 1.54) is 0 Å². The van der Waals surface area contributed by atoms with Crippen molar-refractivity contribution >= 4 is 5.97 Å². The van der Waals surface area contributed by atoms with Gasteiger partial charge < -0.3 is 9.67 Å². The number of aromatic nitrogens is 2. The van der Waals surface area contributed by atoms with Crippen molar-refractivity contribution in [2.75, 3.05) is 0 Å². The summed E-state index contributed by atoms with van der Waals surface area (Å²) in [4.78, 5) is 15.3. The largest absolute Gasteiger partial charge is 0.478 e. The van der Waals surface area contributed by atoms with E-state index in [4.69, 9.17) is 5.11 Å². The lowest BCUT2D eigenvalue weighted by Gasteiger charge is -2.09. The van der Waals surface area contributed by atoms with Crippen LogP contribution in [0.4, 0.5) is 0 Å². The van der Waals surface area contributed by atoms with Crippen LogP contribution in [0.25, 0.3) is 22.5 Å². The molecule has 2 aromatic carbocycles. The van der Waals surface area contributed by atoms with Crippen LogP contribution in [-0.4, -0.2) is 20.6 Å². The van der Waals surface area contributed by atoms with Crippen LogP contribution in [-0.2, 0) is 7.05 Å². The van der Waals surface area contributed by atoms with Gasteiger partial charge in [0.2, 0.25) is 0 Å². The normalized spacial score (nSPS) is 10.6. The second kappa shape index (κ2) is 5.48. The van der Waals surface area contributed by atoms with Crippen molar-refractivity contribution in [1.82, 2.24) is 9.55 Å². The van der Waals surface area contributed by atoms with Gasteiger partial charge in [0.15, 0.2) is 0 Å². The maximum absolute atomic E-state index is 10.9. The fraction of sp³-hybridized carbons (Fsp3) is 0.111. The number of benzene rings is 2. The summed E-state index contributed by atoms with van der Waals surface area (Å²) in [6.45, 7) is 2.05. The molecule has 4 nitrogen and oxygen atoms in total. The molecule has 0 saturated heterocycles. The van der Waals surface area contributed by atoms with Crippen molar-refractivity contribution < 1.29 is 9.90 Å². The number of carbonyl (C=O) groups is 1. The number of nitrogens with zero attached hydrogens (tertiary/aromatic N) is 2. The first-order valence-corrected chi connectivity index (χ1v) is 6.98. The first-order chi connectivity index (χ1) is 10.6. The minimum atomic E-state index is -0.909. The maximum atomic E-state index is 10.9. The van der Waals surface area contributed by atoms with Crippen LogP contribution in [0.2, 0.25) is 0 Å². The molecular weight excluding hydrogens is 276 g/mol. The Morgan fingerprint density at radius 2 is 1.77 bits per heavy atom. The highest BCUT2D eigenvalue weighted by molar-refractivity contribution is 5.88. The van der Waals surface area contributed by atoms with Crippen LogP contribution >= 0.6 is 0 Å². The van der Waals surface area contributed by atoms with E-state index in [9.17, 15) is 4.79 Å². The molecule has 0 amide bonds. The molecule has 0 saturated carbocycles. The Bertz CT molecular complexity index is 833. The lowest BCUT2D eigenvalue weighted by Crippen LogP contribution is -1.95. The Hall–Kier alpha value is -2.88. The number of carboxylic acids is 1. The zero-order valence-electron chi connectivity index (χ0n) is 12.4. The molecule has 0 unspecified atom stereocenters. The Labute approximate surface area is 128 Å². The molecule has 0 radical (unpaired) electrons. The van der Waals surface area contributed by atoms with Crippen molar-refractivity contribution in [2.24, 2.45) is 7.05 Å².